The molecule has 1 N–H and O–H groups in total. The van der Waals surface area contributed by atoms with Gasteiger partial charge in [0.1, 0.15) is 0 Å². The Balaban J connectivity index is 2.70. The molecule has 0 aliphatic heterocycles. The summed E-state index contributed by atoms with van der Waals surface area (Å²) < 4.78 is 0. The fourth-order valence-corrected chi connectivity index (χ4v) is 2.33. The van der Waals surface area contributed by atoms with E-state index in [9.17, 15) is 4.79 Å². The lowest BCUT2D eigenvalue weighted by Gasteiger charge is -2.22. The van der Waals surface area contributed by atoms with Crippen LogP contribution in [0.5, 0.6) is 0 Å². The van der Waals surface area contributed by atoms with Crippen molar-refractivity contribution in [1.29, 1.82) is 0 Å². The Labute approximate surface area is 128 Å². The first-order chi connectivity index (χ1) is 10.2. The minimum Gasteiger partial charge on any atom is -0.355 e. The number of nitrogens with zero attached hydrogens (tertiary/aromatic N) is 3. The van der Waals surface area contributed by atoms with E-state index in [2.05, 4.69) is 34.3 Å². The average molecular weight is 292 g/mol. The number of nitrogens with one attached hydrogen (secondary N) is 1. The summed E-state index contributed by atoms with van der Waals surface area (Å²) in [6.07, 6.45) is 3.84. The molecule has 1 aromatic rings. The summed E-state index contributed by atoms with van der Waals surface area (Å²) in [5.74, 6) is 1.48. The van der Waals surface area contributed by atoms with E-state index >= 15 is 0 Å². The zero-order valence-electron chi connectivity index (χ0n) is 13.7. The third-order valence-electron chi connectivity index (χ3n) is 3.57. The highest BCUT2D eigenvalue weighted by Crippen LogP contribution is 2.15. The Morgan fingerprint density at radius 1 is 1.10 bits per heavy atom. The molecule has 1 rings (SSSR count). The van der Waals surface area contributed by atoms with E-state index in [-0.39, 0.29) is 11.8 Å². The number of aromatic nitrogens is 2. The van der Waals surface area contributed by atoms with Crippen LogP contribution in [0.2, 0.25) is 0 Å². The van der Waals surface area contributed by atoms with Gasteiger partial charge in [0.15, 0.2) is 11.6 Å². The Bertz CT molecular complexity index is 409. The Hall–Kier alpha value is -1.65. The van der Waals surface area contributed by atoms with Crippen LogP contribution in [0.4, 0.5) is 11.6 Å². The number of hydrogen-bond donors (Lipinski definition) is 1. The molecule has 1 amide bonds. The quantitative estimate of drug-likeness (QED) is 0.757. The molecule has 21 heavy (non-hydrogen) atoms. The molecule has 0 aliphatic rings. The highest BCUT2D eigenvalue weighted by Gasteiger charge is 2.15. The van der Waals surface area contributed by atoms with Gasteiger partial charge in [-0.1, -0.05) is 27.7 Å². The summed E-state index contributed by atoms with van der Waals surface area (Å²) in [5, 5.41) is 11.2. The van der Waals surface area contributed by atoms with Gasteiger partial charge in [-0.05, 0) is 37.8 Å². The molecule has 0 unspecified atom stereocenters. The largest absolute Gasteiger partial charge is 0.355 e. The van der Waals surface area contributed by atoms with Crippen LogP contribution in [-0.2, 0) is 4.79 Å². The Morgan fingerprint density at radius 3 is 2.14 bits per heavy atom. The predicted molar refractivity (Wildman–Crippen MR) is 87.5 cm³/mol. The molecule has 1 heterocycles. The Kier molecular flexibility index (Phi) is 7.72. The van der Waals surface area contributed by atoms with Crippen molar-refractivity contribution in [2.45, 2.75) is 53.4 Å². The lowest BCUT2D eigenvalue weighted by atomic mass is 10.0. The van der Waals surface area contributed by atoms with Crippen molar-refractivity contribution < 1.29 is 4.79 Å². The number of hydrogen-bond acceptors (Lipinski definition) is 4. The van der Waals surface area contributed by atoms with Crippen LogP contribution in [0.1, 0.15) is 53.4 Å². The van der Waals surface area contributed by atoms with Crippen molar-refractivity contribution in [2.24, 2.45) is 5.92 Å². The van der Waals surface area contributed by atoms with Gasteiger partial charge < -0.3 is 10.2 Å². The lowest BCUT2D eigenvalue weighted by molar-refractivity contribution is -0.120. The molecule has 0 aromatic carbocycles. The van der Waals surface area contributed by atoms with E-state index in [1.165, 1.54) is 0 Å². The van der Waals surface area contributed by atoms with Crippen LogP contribution >= 0.6 is 0 Å². The molecule has 0 saturated carbocycles. The molecule has 5 heteroatoms. The molecule has 0 fully saturated rings. The number of carbonyl (C=O) groups excluding carboxylic acids is 1. The molecule has 0 atom stereocenters. The fourth-order valence-electron chi connectivity index (χ4n) is 2.33. The van der Waals surface area contributed by atoms with Crippen LogP contribution in [0, 0.1) is 5.92 Å². The second kappa shape index (κ2) is 9.32. The van der Waals surface area contributed by atoms with E-state index in [0.717, 1.165) is 44.6 Å². The average Bonchev–Trinajstić information content (AvgIpc) is 2.49. The first kappa shape index (κ1) is 17.4. The standard InChI is InChI=1S/C16H28N4O/c1-5-11-20(12-6-2)15-10-9-14(18-19-15)17-16(21)13(7-3)8-4/h9-10,13H,5-8,11-12H2,1-4H3,(H,17,18,21). The van der Waals surface area contributed by atoms with E-state index in [1.54, 1.807) is 0 Å². The number of carbonyl (C=O) groups is 1. The van der Waals surface area contributed by atoms with Gasteiger partial charge in [-0.25, -0.2) is 0 Å². The minimum atomic E-state index is 0.0287. The maximum atomic E-state index is 12.0. The van der Waals surface area contributed by atoms with E-state index < -0.39 is 0 Å². The van der Waals surface area contributed by atoms with Crippen LogP contribution in [0.3, 0.4) is 0 Å². The van der Waals surface area contributed by atoms with Gasteiger partial charge in [-0.15, -0.1) is 10.2 Å². The summed E-state index contributed by atoms with van der Waals surface area (Å²) in [7, 11) is 0. The van der Waals surface area contributed by atoms with E-state index in [0.29, 0.717) is 5.82 Å². The predicted octanol–water partition coefficient (Wildman–Crippen LogP) is 3.48. The SMILES string of the molecule is CCCN(CCC)c1ccc(NC(=O)C(CC)CC)nn1. The zero-order chi connectivity index (χ0) is 15.7. The summed E-state index contributed by atoms with van der Waals surface area (Å²) >= 11 is 0. The van der Waals surface area contributed by atoms with Crippen molar-refractivity contribution in [3.63, 3.8) is 0 Å². The Morgan fingerprint density at radius 2 is 1.71 bits per heavy atom. The third-order valence-corrected chi connectivity index (χ3v) is 3.57. The second-order valence-corrected chi connectivity index (χ2v) is 5.27. The molecule has 0 spiro atoms. The molecule has 0 bridgehead atoms. The highest BCUT2D eigenvalue weighted by atomic mass is 16.1. The molecule has 1 aromatic heterocycles. The van der Waals surface area contributed by atoms with Crippen molar-refractivity contribution in [3.05, 3.63) is 12.1 Å². The summed E-state index contributed by atoms with van der Waals surface area (Å²) in [4.78, 5) is 14.2. The summed E-state index contributed by atoms with van der Waals surface area (Å²) in [5.41, 5.74) is 0. The third kappa shape index (κ3) is 5.33. The van der Waals surface area contributed by atoms with Gasteiger partial charge >= 0.3 is 0 Å². The van der Waals surface area contributed by atoms with Crippen molar-refractivity contribution in [3.8, 4) is 0 Å². The van der Waals surface area contributed by atoms with Crippen LogP contribution in [0.15, 0.2) is 12.1 Å². The van der Waals surface area contributed by atoms with Crippen LogP contribution in [-0.4, -0.2) is 29.2 Å². The monoisotopic (exact) mass is 292 g/mol. The van der Waals surface area contributed by atoms with Gasteiger partial charge in [-0.3, -0.25) is 4.79 Å². The second-order valence-electron chi connectivity index (χ2n) is 5.27. The normalized spacial score (nSPS) is 10.7. The number of anilines is 2. The van der Waals surface area contributed by atoms with Crippen LogP contribution < -0.4 is 10.2 Å². The van der Waals surface area contributed by atoms with Gasteiger partial charge in [0, 0.05) is 19.0 Å². The first-order valence-corrected chi connectivity index (χ1v) is 8.05. The molecule has 0 aliphatic carbocycles. The van der Waals surface area contributed by atoms with Gasteiger partial charge in [-0.2, -0.15) is 0 Å². The van der Waals surface area contributed by atoms with E-state index in [4.69, 9.17) is 0 Å². The molecule has 0 radical (unpaired) electrons. The molecule has 5 nitrogen and oxygen atoms in total. The molecule has 118 valence electrons. The van der Waals surface area contributed by atoms with Crippen molar-refractivity contribution in [2.75, 3.05) is 23.3 Å². The van der Waals surface area contributed by atoms with E-state index in [1.807, 2.05) is 26.0 Å². The molecular weight excluding hydrogens is 264 g/mol. The summed E-state index contributed by atoms with van der Waals surface area (Å²) in [6, 6.07) is 3.77. The van der Waals surface area contributed by atoms with Crippen molar-refractivity contribution in [1.82, 2.24) is 10.2 Å². The maximum Gasteiger partial charge on any atom is 0.228 e. The minimum absolute atomic E-state index is 0.0287. The molecular formula is C16H28N4O. The van der Waals surface area contributed by atoms with Gasteiger partial charge in [0.25, 0.3) is 0 Å². The summed E-state index contributed by atoms with van der Waals surface area (Å²) in [6.45, 7) is 10.3. The van der Waals surface area contributed by atoms with Crippen LogP contribution in [0.25, 0.3) is 0 Å². The van der Waals surface area contributed by atoms with Gasteiger partial charge in [0.05, 0.1) is 0 Å². The zero-order valence-corrected chi connectivity index (χ0v) is 13.7. The first-order valence-electron chi connectivity index (χ1n) is 8.05. The maximum absolute atomic E-state index is 12.0. The fraction of sp³-hybridized carbons (Fsp3) is 0.688. The number of rotatable bonds is 9. The number of amides is 1. The molecule has 0 saturated heterocycles. The van der Waals surface area contributed by atoms with Crippen molar-refractivity contribution >= 4 is 17.5 Å². The van der Waals surface area contributed by atoms with Gasteiger partial charge in [0.2, 0.25) is 5.91 Å². The lowest BCUT2D eigenvalue weighted by Crippen LogP contribution is -2.26. The smallest absolute Gasteiger partial charge is 0.228 e. The topological polar surface area (TPSA) is 58.1 Å². The highest BCUT2D eigenvalue weighted by molar-refractivity contribution is 5.91.